The molecular weight excluding hydrogens is 230 g/mol. The van der Waals surface area contributed by atoms with Gasteiger partial charge in [-0.05, 0) is 26.3 Å². The van der Waals surface area contributed by atoms with E-state index in [1.54, 1.807) is 0 Å². The average molecular weight is 244 g/mol. The summed E-state index contributed by atoms with van der Waals surface area (Å²) in [7, 11) is -1.60. The number of hydrogen-bond donors (Lipinski definition) is 0. The molecule has 1 rings (SSSR count). The lowest BCUT2D eigenvalue weighted by Gasteiger charge is -2.34. The standard InChI is InChI=1S/C7H14BF3NO2S/c1-12(6-8(9,10)11)7-2-4-15(13,14)5-3-7/h7H,2-6H2,1H3/q-1. The largest absolute Gasteiger partial charge is 0.492 e. The van der Waals surface area contributed by atoms with Gasteiger partial charge >= 0.3 is 6.98 Å². The van der Waals surface area contributed by atoms with Crippen molar-refractivity contribution in [3.8, 4) is 0 Å². The van der Waals surface area contributed by atoms with Crippen molar-refractivity contribution in [2.24, 2.45) is 0 Å². The van der Waals surface area contributed by atoms with Gasteiger partial charge in [0.25, 0.3) is 0 Å². The summed E-state index contributed by atoms with van der Waals surface area (Å²) in [6.45, 7) is -4.82. The molecule has 1 aliphatic rings. The molecule has 1 heterocycles. The fourth-order valence-electron chi connectivity index (χ4n) is 1.79. The van der Waals surface area contributed by atoms with Crippen molar-refractivity contribution in [1.82, 2.24) is 4.90 Å². The minimum atomic E-state index is -4.82. The van der Waals surface area contributed by atoms with Crippen molar-refractivity contribution in [2.45, 2.75) is 18.9 Å². The normalized spacial score (nSPS) is 23.3. The Hall–Kier alpha value is -0.235. The molecule has 0 N–H and O–H groups in total. The second-order valence-corrected chi connectivity index (χ2v) is 6.34. The van der Waals surface area contributed by atoms with Gasteiger partial charge in [0, 0.05) is 6.04 Å². The van der Waals surface area contributed by atoms with E-state index in [0.717, 1.165) is 0 Å². The quantitative estimate of drug-likeness (QED) is 0.691. The van der Waals surface area contributed by atoms with E-state index >= 15 is 0 Å². The summed E-state index contributed by atoms with van der Waals surface area (Å²) < 4.78 is 58.5. The zero-order chi connectivity index (χ0) is 11.7. The number of halogens is 3. The van der Waals surface area contributed by atoms with Crippen molar-refractivity contribution in [3.05, 3.63) is 0 Å². The highest BCUT2D eigenvalue weighted by Gasteiger charge is 2.31. The van der Waals surface area contributed by atoms with Crippen LogP contribution < -0.4 is 0 Å². The average Bonchev–Trinajstić information content (AvgIpc) is 2.00. The second kappa shape index (κ2) is 4.33. The molecule has 0 aromatic heterocycles. The number of sulfone groups is 1. The van der Waals surface area contributed by atoms with Crippen LogP contribution in [0.2, 0.25) is 0 Å². The Labute approximate surface area is 87.6 Å². The minimum Gasteiger partial charge on any atom is -0.448 e. The zero-order valence-corrected chi connectivity index (χ0v) is 9.31. The molecule has 3 nitrogen and oxygen atoms in total. The molecule has 0 aromatic rings. The van der Waals surface area contributed by atoms with E-state index < -0.39 is 23.3 Å². The van der Waals surface area contributed by atoms with E-state index in [4.69, 9.17) is 0 Å². The topological polar surface area (TPSA) is 37.4 Å². The molecule has 0 aliphatic carbocycles. The molecule has 0 saturated carbocycles. The minimum absolute atomic E-state index is 0.00681. The van der Waals surface area contributed by atoms with Crippen LogP contribution in [0.5, 0.6) is 0 Å². The van der Waals surface area contributed by atoms with Crippen LogP contribution in [0.3, 0.4) is 0 Å². The molecule has 1 fully saturated rings. The molecule has 0 spiro atoms. The molecule has 0 atom stereocenters. The van der Waals surface area contributed by atoms with Crippen molar-refractivity contribution >= 4 is 16.8 Å². The molecular formula is C7H14BF3NO2S-. The van der Waals surface area contributed by atoms with E-state index in [1.165, 1.54) is 11.9 Å². The first kappa shape index (κ1) is 12.8. The predicted octanol–water partition coefficient (Wildman–Crippen LogP) is 0.882. The van der Waals surface area contributed by atoms with Crippen LogP contribution in [0.4, 0.5) is 12.9 Å². The lowest BCUT2D eigenvalue weighted by molar-refractivity contribution is 0.234. The van der Waals surface area contributed by atoms with Crippen LogP contribution in [0.1, 0.15) is 12.8 Å². The van der Waals surface area contributed by atoms with Gasteiger partial charge in [0.05, 0.1) is 11.5 Å². The first-order valence-electron chi connectivity index (χ1n) is 4.81. The van der Waals surface area contributed by atoms with Crippen LogP contribution >= 0.6 is 0 Å². The third-order valence-electron chi connectivity index (χ3n) is 2.64. The fourth-order valence-corrected chi connectivity index (χ4v) is 3.26. The van der Waals surface area contributed by atoms with Crippen LogP contribution in [-0.2, 0) is 9.84 Å². The van der Waals surface area contributed by atoms with Gasteiger partial charge in [-0.15, -0.1) is 0 Å². The van der Waals surface area contributed by atoms with Gasteiger partial charge in [-0.2, -0.15) is 0 Å². The van der Waals surface area contributed by atoms with Gasteiger partial charge in [0.15, 0.2) is 0 Å². The number of nitrogens with zero attached hydrogens (tertiary/aromatic N) is 1. The Bertz CT molecular complexity index is 303. The Balaban J connectivity index is 2.47. The van der Waals surface area contributed by atoms with Crippen LogP contribution in [0.25, 0.3) is 0 Å². The number of hydrogen-bond acceptors (Lipinski definition) is 3. The highest BCUT2D eigenvalue weighted by molar-refractivity contribution is 7.91. The summed E-state index contributed by atoms with van der Waals surface area (Å²) in [4.78, 5) is 1.22. The summed E-state index contributed by atoms with van der Waals surface area (Å²) in [5, 5.41) is 0. The maximum atomic E-state index is 12.1. The van der Waals surface area contributed by atoms with Crippen molar-refractivity contribution in [2.75, 3.05) is 25.0 Å². The first-order valence-corrected chi connectivity index (χ1v) is 6.63. The molecule has 0 radical (unpaired) electrons. The predicted molar refractivity (Wildman–Crippen MR) is 53.4 cm³/mol. The third kappa shape index (κ3) is 4.42. The van der Waals surface area contributed by atoms with Gasteiger partial charge in [-0.25, -0.2) is 8.42 Å². The first-order chi connectivity index (χ1) is 6.70. The van der Waals surface area contributed by atoms with Crippen LogP contribution in [0.15, 0.2) is 0 Å². The van der Waals surface area contributed by atoms with Gasteiger partial charge in [0.2, 0.25) is 0 Å². The van der Waals surface area contributed by atoms with Crippen molar-refractivity contribution < 1.29 is 21.4 Å². The van der Waals surface area contributed by atoms with E-state index in [-0.39, 0.29) is 17.5 Å². The second-order valence-electron chi connectivity index (χ2n) is 4.03. The molecule has 15 heavy (non-hydrogen) atoms. The Morgan fingerprint density at radius 1 is 1.27 bits per heavy atom. The lowest BCUT2D eigenvalue weighted by atomic mass is 9.90. The molecule has 0 unspecified atom stereocenters. The molecule has 8 heteroatoms. The highest BCUT2D eigenvalue weighted by atomic mass is 32.2. The fraction of sp³-hybridized carbons (Fsp3) is 1.00. The molecule has 0 aromatic carbocycles. The molecule has 0 amide bonds. The molecule has 1 aliphatic heterocycles. The van der Waals surface area contributed by atoms with Crippen LogP contribution in [-0.4, -0.2) is 51.3 Å². The van der Waals surface area contributed by atoms with Crippen molar-refractivity contribution in [3.63, 3.8) is 0 Å². The Kier molecular flexibility index (Phi) is 3.70. The number of rotatable bonds is 3. The van der Waals surface area contributed by atoms with Crippen molar-refractivity contribution in [1.29, 1.82) is 0 Å². The maximum absolute atomic E-state index is 12.1. The maximum Gasteiger partial charge on any atom is 0.492 e. The van der Waals surface area contributed by atoms with E-state index in [9.17, 15) is 21.4 Å². The van der Waals surface area contributed by atoms with Gasteiger partial charge < -0.3 is 17.8 Å². The summed E-state index contributed by atoms with van der Waals surface area (Å²) >= 11 is 0. The van der Waals surface area contributed by atoms with Crippen LogP contribution in [0, 0.1) is 0 Å². The Morgan fingerprint density at radius 3 is 2.13 bits per heavy atom. The summed E-state index contributed by atoms with van der Waals surface area (Å²) in [6.07, 6.45) is -0.291. The summed E-state index contributed by atoms with van der Waals surface area (Å²) in [6, 6.07) is -0.253. The third-order valence-corrected chi connectivity index (χ3v) is 4.36. The molecule has 90 valence electrons. The highest BCUT2D eigenvalue weighted by Crippen LogP contribution is 2.19. The van der Waals surface area contributed by atoms with E-state index in [0.29, 0.717) is 12.8 Å². The lowest BCUT2D eigenvalue weighted by Crippen LogP contribution is -2.45. The smallest absolute Gasteiger partial charge is 0.448 e. The molecule has 1 saturated heterocycles. The monoisotopic (exact) mass is 244 g/mol. The van der Waals surface area contributed by atoms with E-state index in [1.807, 2.05) is 0 Å². The van der Waals surface area contributed by atoms with E-state index in [2.05, 4.69) is 0 Å². The van der Waals surface area contributed by atoms with Gasteiger partial charge in [-0.1, -0.05) is 0 Å². The summed E-state index contributed by atoms with van der Waals surface area (Å²) in [5.41, 5.74) is 0. The molecule has 0 bridgehead atoms. The van der Waals surface area contributed by atoms with Gasteiger partial charge in [0.1, 0.15) is 9.84 Å². The Morgan fingerprint density at radius 2 is 1.73 bits per heavy atom. The van der Waals surface area contributed by atoms with Gasteiger partial charge in [-0.3, -0.25) is 0 Å². The summed E-state index contributed by atoms with van der Waals surface area (Å²) in [5.74, 6) is 0.0136. The zero-order valence-electron chi connectivity index (χ0n) is 8.50. The SMILES string of the molecule is CN(C[B-](F)(F)F)C1CCS(=O)(=O)CC1.